The lowest BCUT2D eigenvalue weighted by Crippen LogP contribution is -2.28. The van der Waals surface area contributed by atoms with Gasteiger partial charge in [0.2, 0.25) is 0 Å². The first-order valence-corrected chi connectivity index (χ1v) is 12.7. The van der Waals surface area contributed by atoms with Crippen molar-refractivity contribution in [3.63, 3.8) is 0 Å². The number of alkyl halides is 3. The number of rotatable bonds is 9. The molecule has 0 unspecified atom stereocenters. The summed E-state index contributed by atoms with van der Waals surface area (Å²) in [5.74, 6) is -1.05. The van der Waals surface area contributed by atoms with Gasteiger partial charge in [0.05, 0.1) is 5.56 Å². The summed E-state index contributed by atoms with van der Waals surface area (Å²) < 4.78 is 53.9. The molecule has 1 heterocycles. The van der Waals surface area contributed by atoms with E-state index in [1.165, 1.54) is 54.7 Å². The van der Waals surface area contributed by atoms with Gasteiger partial charge in [-0.05, 0) is 35.4 Å². The minimum Gasteiger partial charge on any atom is -0.483 e. The molecule has 0 N–H and O–H groups in total. The van der Waals surface area contributed by atoms with Crippen LogP contribution in [0.5, 0.6) is 11.5 Å². The lowest BCUT2D eigenvalue weighted by molar-refractivity contribution is -0.137. The van der Waals surface area contributed by atoms with Crippen molar-refractivity contribution in [1.82, 2.24) is 14.4 Å². The molecule has 2 amide bonds. The fourth-order valence-electron chi connectivity index (χ4n) is 4.12. The lowest BCUT2D eigenvalue weighted by atomic mass is 10.2. The van der Waals surface area contributed by atoms with E-state index in [9.17, 15) is 22.8 Å². The number of hydrogen-bond donors (Lipinski definition) is 0. The molecule has 0 radical (unpaired) electrons. The minimum absolute atomic E-state index is 0.00795. The molecule has 4 rings (SSSR count). The number of carbonyl (C=O) groups is 2. The predicted molar refractivity (Wildman–Crippen MR) is 148 cm³/mol. The average molecular weight is 566 g/mol. The predicted octanol–water partition coefficient (Wildman–Crippen LogP) is 6.06. The molecule has 0 spiro atoms. The van der Waals surface area contributed by atoms with Gasteiger partial charge in [0.25, 0.3) is 11.8 Å². The maximum absolute atomic E-state index is 13.7. The highest BCUT2D eigenvalue weighted by molar-refractivity contribution is 6.04. The van der Waals surface area contributed by atoms with E-state index in [1.54, 1.807) is 0 Å². The number of nitrogens with zero attached hydrogens (tertiary/aromatic N) is 3. The summed E-state index contributed by atoms with van der Waals surface area (Å²) in [6.07, 6.45) is -4.56. The SMILES string of the molecule is CN(C)C(=O)c1c(OCc2ccccc2)c(OCc2ccccc2)c(C(=O)N(C)C)n1-c1ccc(C(F)(F)F)cc1. The second-order valence-electron chi connectivity index (χ2n) is 9.68. The number of halogens is 3. The normalized spacial score (nSPS) is 11.2. The van der Waals surface area contributed by atoms with Gasteiger partial charge in [-0.1, -0.05) is 60.7 Å². The van der Waals surface area contributed by atoms with Crippen molar-refractivity contribution in [1.29, 1.82) is 0 Å². The van der Waals surface area contributed by atoms with Crippen molar-refractivity contribution in [3.05, 3.63) is 113 Å². The van der Waals surface area contributed by atoms with Crippen LogP contribution in [-0.2, 0) is 19.4 Å². The third-order valence-electron chi connectivity index (χ3n) is 6.21. The molecule has 3 aromatic carbocycles. The van der Waals surface area contributed by atoms with Crippen LogP contribution in [0.25, 0.3) is 5.69 Å². The van der Waals surface area contributed by atoms with Crippen LogP contribution in [0.4, 0.5) is 13.2 Å². The summed E-state index contributed by atoms with van der Waals surface area (Å²) in [6, 6.07) is 22.7. The van der Waals surface area contributed by atoms with Gasteiger partial charge in [0, 0.05) is 33.9 Å². The van der Waals surface area contributed by atoms with Gasteiger partial charge in [-0.2, -0.15) is 13.2 Å². The first-order chi connectivity index (χ1) is 19.5. The van der Waals surface area contributed by atoms with Crippen LogP contribution >= 0.6 is 0 Å². The van der Waals surface area contributed by atoms with Crippen LogP contribution < -0.4 is 9.47 Å². The van der Waals surface area contributed by atoms with Crippen molar-refractivity contribution in [2.24, 2.45) is 0 Å². The molecule has 0 aliphatic carbocycles. The lowest BCUT2D eigenvalue weighted by Gasteiger charge is -2.18. The standard InChI is InChI=1S/C31H30F3N3O4/c1-35(2)29(38)25-27(40-19-21-11-7-5-8-12-21)28(41-20-22-13-9-6-10-14-22)26(30(39)36(3)4)37(25)24-17-15-23(16-18-24)31(32,33)34/h5-18H,19-20H2,1-4H3. The largest absolute Gasteiger partial charge is 0.483 e. The quantitative estimate of drug-likeness (QED) is 0.248. The summed E-state index contributed by atoms with van der Waals surface area (Å²) in [5, 5.41) is 0. The van der Waals surface area contributed by atoms with Crippen LogP contribution in [0.15, 0.2) is 84.9 Å². The van der Waals surface area contributed by atoms with Gasteiger partial charge in [-0.15, -0.1) is 0 Å². The average Bonchev–Trinajstić information content (AvgIpc) is 3.28. The summed E-state index contributed by atoms with van der Waals surface area (Å²) >= 11 is 0. The molecule has 4 aromatic rings. The van der Waals surface area contributed by atoms with Crippen LogP contribution in [0.2, 0.25) is 0 Å². The molecule has 214 valence electrons. The van der Waals surface area contributed by atoms with Crippen molar-refractivity contribution < 1.29 is 32.2 Å². The van der Waals surface area contributed by atoms with Crippen LogP contribution in [0.3, 0.4) is 0 Å². The number of ether oxygens (including phenoxy) is 2. The van der Waals surface area contributed by atoms with E-state index >= 15 is 0 Å². The van der Waals surface area contributed by atoms with Crippen LogP contribution in [-0.4, -0.2) is 54.4 Å². The molecule has 7 nitrogen and oxygen atoms in total. The molecule has 1 aromatic heterocycles. The van der Waals surface area contributed by atoms with E-state index in [0.717, 1.165) is 23.3 Å². The Labute approximate surface area is 236 Å². The Balaban J connectivity index is 1.98. The van der Waals surface area contributed by atoms with Gasteiger partial charge < -0.3 is 19.3 Å². The Morgan fingerprint density at radius 2 is 1.05 bits per heavy atom. The Bertz CT molecular complexity index is 1410. The van der Waals surface area contributed by atoms with E-state index in [0.29, 0.717) is 0 Å². The summed E-state index contributed by atoms with van der Waals surface area (Å²) in [6.45, 7) is 0.0890. The third-order valence-corrected chi connectivity index (χ3v) is 6.21. The molecule has 41 heavy (non-hydrogen) atoms. The molecule has 0 saturated carbocycles. The van der Waals surface area contributed by atoms with Gasteiger partial charge >= 0.3 is 6.18 Å². The summed E-state index contributed by atoms with van der Waals surface area (Å²) in [5.41, 5.74) is 0.779. The number of carbonyl (C=O) groups excluding carboxylic acids is 2. The first-order valence-electron chi connectivity index (χ1n) is 12.7. The number of benzene rings is 3. The van der Waals surface area contributed by atoms with Gasteiger partial charge in [-0.3, -0.25) is 14.2 Å². The molecular formula is C31H30F3N3O4. The topological polar surface area (TPSA) is 64.0 Å². The van der Waals surface area contributed by atoms with Gasteiger partial charge in [0.15, 0.2) is 22.9 Å². The first kappa shape index (κ1) is 29.3. The van der Waals surface area contributed by atoms with E-state index in [-0.39, 0.29) is 41.8 Å². The fraction of sp³-hybridized carbons (Fsp3) is 0.226. The zero-order valence-electron chi connectivity index (χ0n) is 23.1. The van der Waals surface area contributed by atoms with E-state index in [1.807, 2.05) is 60.7 Å². The molecule has 10 heteroatoms. The monoisotopic (exact) mass is 565 g/mol. The number of amides is 2. The highest BCUT2D eigenvalue weighted by Gasteiger charge is 2.36. The Morgan fingerprint density at radius 1 is 0.659 bits per heavy atom. The van der Waals surface area contributed by atoms with Crippen LogP contribution in [0, 0.1) is 0 Å². The van der Waals surface area contributed by atoms with Crippen molar-refractivity contribution in [2.75, 3.05) is 28.2 Å². The maximum Gasteiger partial charge on any atom is 0.416 e. The molecule has 0 fully saturated rings. The van der Waals surface area contributed by atoms with Crippen molar-refractivity contribution in [2.45, 2.75) is 19.4 Å². The molecule has 0 atom stereocenters. The maximum atomic E-state index is 13.7. The summed E-state index contributed by atoms with van der Waals surface area (Å²) in [7, 11) is 6.13. The highest BCUT2D eigenvalue weighted by Crippen LogP contribution is 2.43. The molecular weight excluding hydrogens is 535 g/mol. The van der Waals surface area contributed by atoms with E-state index in [4.69, 9.17) is 9.47 Å². The third kappa shape index (κ3) is 6.54. The second-order valence-corrected chi connectivity index (χ2v) is 9.68. The van der Waals surface area contributed by atoms with E-state index in [2.05, 4.69) is 0 Å². The zero-order chi connectivity index (χ0) is 29.7. The van der Waals surface area contributed by atoms with Crippen molar-refractivity contribution in [3.8, 4) is 17.2 Å². The fourth-order valence-corrected chi connectivity index (χ4v) is 4.12. The smallest absolute Gasteiger partial charge is 0.416 e. The number of aromatic nitrogens is 1. The summed E-state index contributed by atoms with van der Waals surface area (Å²) in [4.78, 5) is 30.0. The van der Waals surface area contributed by atoms with Gasteiger partial charge in [0.1, 0.15) is 13.2 Å². The zero-order valence-corrected chi connectivity index (χ0v) is 23.1. The van der Waals surface area contributed by atoms with Crippen molar-refractivity contribution >= 4 is 11.8 Å². The molecule has 0 aliphatic heterocycles. The molecule has 0 aliphatic rings. The Morgan fingerprint density at radius 3 is 1.39 bits per heavy atom. The Kier molecular flexibility index (Phi) is 8.71. The molecule has 0 bridgehead atoms. The highest BCUT2D eigenvalue weighted by atomic mass is 19.4. The van der Waals surface area contributed by atoms with E-state index < -0.39 is 23.6 Å². The van der Waals surface area contributed by atoms with Crippen LogP contribution in [0.1, 0.15) is 37.7 Å². The Hall–Kier alpha value is -4.73. The molecule has 0 saturated heterocycles. The minimum atomic E-state index is -4.56. The second kappa shape index (κ2) is 12.2. The number of hydrogen-bond acceptors (Lipinski definition) is 4. The van der Waals surface area contributed by atoms with Gasteiger partial charge in [-0.25, -0.2) is 0 Å².